The molecular weight excluding hydrogens is 430 g/mol. The van der Waals surface area contributed by atoms with E-state index in [1.165, 1.54) is 4.90 Å². The summed E-state index contributed by atoms with van der Waals surface area (Å²) in [7, 11) is 3.42. The summed E-state index contributed by atoms with van der Waals surface area (Å²) in [5, 5.41) is 15.6. The highest BCUT2D eigenvalue weighted by atomic mass is 16.3. The fourth-order valence-electron chi connectivity index (χ4n) is 4.32. The van der Waals surface area contributed by atoms with Crippen LogP contribution in [0.2, 0.25) is 0 Å². The van der Waals surface area contributed by atoms with Crippen LogP contribution in [0.15, 0.2) is 47.5 Å². The predicted octanol–water partition coefficient (Wildman–Crippen LogP) is 3.45. The first kappa shape index (κ1) is 25.4. The minimum atomic E-state index is -1.07. The molecule has 1 N–H and O–H groups in total. The van der Waals surface area contributed by atoms with Gasteiger partial charge in [0.1, 0.15) is 5.69 Å². The van der Waals surface area contributed by atoms with E-state index in [9.17, 15) is 14.7 Å². The van der Waals surface area contributed by atoms with Crippen molar-refractivity contribution in [3.63, 3.8) is 0 Å². The van der Waals surface area contributed by atoms with Crippen molar-refractivity contribution in [3.8, 4) is 11.3 Å². The van der Waals surface area contributed by atoms with Crippen LogP contribution in [-0.2, 0) is 11.8 Å². The van der Waals surface area contributed by atoms with Gasteiger partial charge in [0.25, 0.3) is 5.91 Å². The average molecular weight is 466 g/mol. The summed E-state index contributed by atoms with van der Waals surface area (Å²) in [6.07, 6.45) is 1.23. The summed E-state index contributed by atoms with van der Waals surface area (Å²) >= 11 is 0. The van der Waals surface area contributed by atoms with E-state index in [2.05, 4.69) is 23.4 Å². The van der Waals surface area contributed by atoms with E-state index in [1.807, 2.05) is 44.2 Å². The van der Waals surface area contributed by atoms with Crippen molar-refractivity contribution in [2.45, 2.75) is 38.7 Å². The summed E-state index contributed by atoms with van der Waals surface area (Å²) < 4.78 is 1.63. The summed E-state index contributed by atoms with van der Waals surface area (Å²) in [4.78, 5) is 33.2. The van der Waals surface area contributed by atoms with E-state index in [0.29, 0.717) is 43.7 Å². The highest BCUT2D eigenvalue weighted by Crippen LogP contribution is 2.34. The topological polar surface area (TPSA) is 91.0 Å². The van der Waals surface area contributed by atoms with Gasteiger partial charge in [-0.2, -0.15) is 5.10 Å². The normalized spacial score (nSPS) is 16.1. The van der Waals surface area contributed by atoms with Crippen molar-refractivity contribution in [2.24, 2.45) is 18.0 Å². The molecule has 1 saturated heterocycles. The minimum absolute atomic E-state index is 0.0746. The molecule has 8 heteroatoms. The van der Waals surface area contributed by atoms with Crippen molar-refractivity contribution in [1.82, 2.24) is 19.6 Å². The van der Waals surface area contributed by atoms with Crippen LogP contribution >= 0.6 is 0 Å². The summed E-state index contributed by atoms with van der Waals surface area (Å²) in [6.45, 7) is 12.6. The molecule has 1 aliphatic rings. The lowest BCUT2D eigenvalue weighted by molar-refractivity contribution is -0.136. The molecule has 0 radical (unpaired) electrons. The zero-order valence-corrected chi connectivity index (χ0v) is 20.6. The highest BCUT2D eigenvalue weighted by molar-refractivity contribution is 6.00. The van der Waals surface area contributed by atoms with E-state index in [-0.39, 0.29) is 30.0 Å². The largest absolute Gasteiger partial charge is 0.388 e. The van der Waals surface area contributed by atoms with E-state index >= 15 is 0 Å². The molecule has 182 valence electrons. The molecular formula is C26H35N5O3. The molecule has 1 atom stereocenters. The lowest BCUT2D eigenvalue weighted by Gasteiger charge is -2.40. The Hall–Kier alpha value is -3.26. The third-order valence-corrected chi connectivity index (χ3v) is 6.68. The second kappa shape index (κ2) is 10.3. The fraction of sp³-hybridized carbons (Fsp3) is 0.462. The Balaban J connectivity index is 1.68. The smallest absolute Gasteiger partial charge is 0.276 e. The molecule has 0 aliphatic carbocycles. The van der Waals surface area contributed by atoms with Gasteiger partial charge >= 0.3 is 0 Å². The molecule has 1 aliphatic heterocycles. The number of carbonyl (C=O) groups is 2. The predicted molar refractivity (Wildman–Crippen MR) is 134 cm³/mol. The quantitative estimate of drug-likeness (QED) is 0.478. The van der Waals surface area contributed by atoms with E-state index < -0.39 is 5.60 Å². The van der Waals surface area contributed by atoms with Gasteiger partial charge in [0.05, 0.1) is 11.3 Å². The van der Waals surface area contributed by atoms with Crippen LogP contribution in [0, 0.1) is 5.92 Å². The lowest BCUT2D eigenvalue weighted by Crippen LogP contribution is -2.52. The number of aromatic nitrogens is 2. The Morgan fingerprint density at radius 2 is 1.88 bits per heavy atom. The number of benzene rings is 1. The number of carbonyl (C=O) groups excluding carboxylic acids is 2. The van der Waals surface area contributed by atoms with Crippen LogP contribution in [0.25, 0.3) is 11.3 Å². The molecule has 0 unspecified atom stereocenters. The Kier molecular flexibility index (Phi) is 7.71. The first-order valence-corrected chi connectivity index (χ1v) is 11.6. The third kappa shape index (κ3) is 5.44. The van der Waals surface area contributed by atoms with Crippen molar-refractivity contribution in [3.05, 3.63) is 48.2 Å². The van der Waals surface area contributed by atoms with E-state index in [1.54, 1.807) is 23.7 Å². The molecule has 2 heterocycles. The monoisotopic (exact) mass is 465 g/mol. The molecule has 0 saturated carbocycles. The van der Waals surface area contributed by atoms with Gasteiger partial charge in [-0.1, -0.05) is 49.4 Å². The highest BCUT2D eigenvalue weighted by Gasteiger charge is 2.37. The van der Waals surface area contributed by atoms with Crippen molar-refractivity contribution in [2.75, 3.05) is 26.7 Å². The zero-order chi connectivity index (χ0) is 25.0. The maximum absolute atomic E-state index is 13.3. The summed E-state index contributed by atoms with van der Waals surface area (Å²) in [5.74, 6) is -0.128. The molecule has 3 rings (SSSR count). The number of hydrogen-bond donors (Lipinski definition) is 1. The number of aliphatic hydroxyl groups is 1. The molecule has 1 aromatic carbocycles. The molecule has 2 aromatic rings. The molecule has 0 bridgehead atoms. The van der Waals surface area contributed by atoms with Gasteiger partial charge in [0.2, 0.25) is 5.91 Å². The first-order valence-electron chi connectivity index (χ1n) is 11.6. The maximum atomic E-state index is 13.3. The van der Waals surface area contributed by atoms with E-state index in [4.69, 9.17) is 0 Å². The first-order chi connectivity index (χ1) is 16.1. The standard InChI is InChI=1S/C26H35N5O3/c1-18(2)19(3)16-21(32)31-14-12-26(34,13-15-31)17-29(5)25(33)23-22(27-4)24(30(6)28-23)20-10-8-7-9-11-20/h7-11,19,34H,1,4,12-17H2,2-3,5-6H3/t19-/m1/s1. The maximum Gasteiger partial charge on any atom is 0.276 e. The molecule has 0 spiro atoms. The van der Waals surface area contributed by atoms with Gasteiger partial charge in [0.15, 0.2) is 5.69 Å². The third-order valence-electron chi connectivity index (χ3n) is 6.68. The van der Waals surface area contributed by atoms with Crippen LogP contribution in [0.4, 0.5) is 5.69 Å². The Morgan fingerprint density at radius 3 is 2.44 bits per heavy atom. The number of likely N-dealkylation sites (tertiary alicyclic amines) is 1. The molecule has 1 aromatic heterocycles. The number of allylic oxidation sites excluding steroid dienone is 1. The van der Waals surface area contributed by atoms with Crippen molar-refractivity contribution < 1.29 is 14.7 Å². The van der Waals surface area contributed by atoms with Gasteiger partial charge in [-0.25, -0.2) is 0 Å². The Labute approximate surface area is 201 Å². The Bertz CT molecular complexity index is 1070. The average Bonchev–Trinajstić information content (AvgIpc) is 3.15. The number of likely N-dealkylation sites (N-methyl/N-ethyl adjacent to an activating group) is 1. The Morgan fingerprint density at radius 1 is 1.26 bits per heavy atom. The number of amides is 2. The molecule has 8 nitrogen and oxygen atoms in total. The van der Waals surface area contributed by atoms with Crippen LogP contribution in [0.5, 0.6) is 0 Å². The van der Waals surface area contributed by atoms with Crippen LogP contribution < -0.4 is 0 Å². The fourth-order valence-corrected chi connectivity index (χ4v) is 4.32. The second-order valence-electron chi connectivity index (χ2n) is 9.41. The summed E-state index contributed by atoms with van der Waals surface area (Å²) in [5.41, 5.74) is 2.13. The number of piperidine rings is 1. The number of rotatable bonds is 8. The number of aryl methyl sites for hydroxylation is 1. The zero-order valence-electron chi connectivity index (χ0n) is 20.6. The molecule has 34 heavy (non-hydrogen) atoms. The van der Waals surface area contributed by atoms with Gasteiger partial charge in [-0.3, -0.25) is 19.3 Å². The number of hydrogen-bond acceptors (Lipinski definition) is 5. The molecule has 2 amide bonds. The second-order valence-corrected chi connectivity index (χ2v) is 9.41. The van der Waals surface area contributed by atoms with Gasteiger partial charge < -0.3 is 14.9 Å². The van der Waals surface area contributed by atoms with Crippen molar-refractivity contribution >= 4 is 24.2 Å². The summed E-state index contributed by atoms with van der Waals surface area (Å²) in [6, 6.07) is 9.60. The number of nitrogens with zero attached hydrogens (tertiary/aromatic N) is 5. The SMILES string of the molecule is C=Nc1c(C(=O)N(C)CC2(O)CCN(C(=O)C[C@@H](C)C(=C)C)CC2)nn(C)c1-c1ccccc1. The van der Waals surface area contributed by atoms with Gasteiger partial charge in [0, 0.05) is 45.7 Å². The van der Waals surface area contributed by atoms with Crippen LogP contribution in [-0.4, -0.2) is 75.5 Å². The van der Waals surface area contributed by atoms with E-state index in [0.717, 1.165) is 11.1 Å². The lowest BCUT2D eigenvalue weighted by atomic mass is 9.90. The van der Waals surface area contributed by atoms with Crippen LogP contribution in [0.1, 0.15) is 43.6 Å². The minimum Gasteiger partial charge on any atom is -0.388 e. The van der Waals surface area contributed by atoms with Gasteiger partial charge in [-0.05, 0) is 32.4 Å². The van der Waals surface area contributed by atoms with Crippen molar-refractivity contribution in [1.29, 1.82) is 0 Å². The van der Waals surface area contributed by atoms with Gasteiger partial charge in [-0.15, -0.1) is 0 Å². The molecule has 1 fully saturated rings. The van der Waals surface area contributed by atoms with Crippen LogP contribution in [0.3, 0.4) is 0 Å². The number of aliphatic imine (C=N–C) groups is 1.